The van der Waals surface area contributed by atoms with Crippen LogP contribution in [0, 0.1) is 6.92 Å². The van der Waals surface area contributed by atoms with Gasteiger partial charge in [0, 0.05) is 10.6 Å². The van der Waals surface area contributed by atoms with Crippen molar-refractivity contribution >= 4 is 34.0 Å². The number of thiophene rings is 1. The summed E-state index contributed by atoms with van der Waals surface area (Å²) < 4.78 is 0. The van der Waals surface area contributed by atoms with E-state index in [1.165, 1.54) is 11.3 Å². The number of aryl methyl sites for hydroxylation is 1. The third kappa shape index (κ3) is 2.06. The first-order valence-corrected chi connectivity index (χ1v) is 6.09. The maximum atomic E-state index is 4.41. The smallest absolute Gasteiger partial charge is 0.161 e. The summed E-state index contributed by atoms with van der Waals surface area (Å²) in [7, 11) is 0. The molecule has 1 aromatic heterocycles. The molecule has 0 aliphatic carbocycles. The molecule has 2 nitrogen and oxygen atoms in total. The topological polar surface area (TPSA) is 24.4 Å². The predicted octanol–water partition coefficient (Wildman–Crippen LogP) is 2.96. The number of thioether (sulfide) groups is 1. The van der Waals surface area contributed by atoms with E-state index >= 15 is 0 Å². The van der Waals surface area contributed by atoms with Crippen LogP contribution in [0.1, 0.15) is 12.5 Å². The Labute approximate surface area is 86.5 Å². The largest absolute Gasteiger partial charge is 0.334 e. The number of anilines is 1. The minimum Gasteiger partial charge on any atom is -0.334 e. The highest BCUT2D eigenvalue weighted by Crippen LogP contribution is 2.25. The highest BCUT2D eigenvalue weighted by Gasteiger charge is 2.15. The van der Waals surface area contributed by atoms with Crippen molar-refractivity contribution in [3.63, 3.8) is 0 Å². The van der Waals surface area contributed by atoms with Crippen molar-refractivity contribution in [1.29, 1.82) is 0 Å². The molecule has 2 heterocycles. The van der Waals surface area contributed by atoms with Crippen LogP contribution in [-0.4, -0.2) is 17.0 Å². The first kappa shape index (κ1) is 9.09. The molecule has 70 valence electrons. The van der Waals surface area contributed by atoms with Gasteiger partial charge in [-0.2, -0.15) is 0 Å². The molecule has 1 N–H and O–H groups in total. The van der Waals surface area contributed by atoms with Crippen molar-refractivity contribution in [2.45, 2.75) is 19.1 Å². The Morgan fingerprint density at radius 2 is 2.38 bits per heavy atom. The van der Waals surface area contributed by atoms with Crippen LogP contribution in [0.4, 0.5) is 5.69 Å². The maximum Gasteiger partial charge on any atom is 0.161 e. The maximum absolute atomic E-state index is 4.41. The molecular weight excluding hydrogens is 200 g/mol. The van der Waals surface area contributed by atoms with Gasteiger partial charge in [0.15, 0.2) is 5.17 Å². The van der Waals surface area contributed by atoms with Gasteiger partial charge in [-0.15, -0.1) is 11.3 Å². The highest BCUT2D eigenvalue weighted by molar-refractivity contribution is 8.15. The molecule has 0 saturated carbocycles. The van der Waals surface area contributed by atoms with E-state index in [2.05, 4.69) is 34.9 Å². The summed E-state index contributed by atoms with van der Waals surface area (Å²) in [5, 5.41) is 9.30. The number of nitrogens with one attached hydrogen (secondary N) is 1. The second-order valence-corrected chi connectivity index (χ2v) is 5.34. The number of rotatable bonds is 1. The van der Waals surface area contributed by atoms with Crippen LogP contribution in [0.2, 0.25) is 0 Å². The highest BCUT2D eigenvalue weighted by atomic mass is 32.2. The SMILES string of the molecule is Cc1cscc1NC1=NCC(C)S1. The summed E-state index contributed by atoms with van der Waals surface area (Å²) in [4.78, 5) is 4.41. The van der Waals surface area contributed by atoms with Gasteiger partial charge in [-0.25, -0.2) is 0 Å². The third-order valence-corrected chi connectivity index (χ3v) is 3.77. The van der Waals surface area contributed by atoms with Crippen LogP contribution in [0.25, 0.3) is 0 Å². The Balaban J connectivity index is 2.03. The van der Waals surface area contributed by atoms with Crippen LogP contribution < -0.4 is 5.32 Å². The second kappa shape index (κ2) is 3.72. The summed E-state index contributed by atoms with van der Waals surface area (Å²) in [5.41, 5.74) is 2.50. The molecule has 0 spiro atoms. The quantitative estimate of drug-likeness (QED) is 0.774. The number of hydrogen-bond acceptors (Lipinski definition) is 4. The van der Waals surface area contributed by atoms with E-state index in [0.717, 1.165) is 11.7 Å². The first-order chi connectivity index (χ1) is 6.25. The summed E-state index contributed by atoms with van der Waals surface area (Å²) >= 11 is 3.54. The molecule has 0 fully saturated rings. The normalized spacial score (nSPS) is 21.7. The van der Waals surface area contributed by atoms with Gasteiger partial charge in [0.25, 0.3) is 0 Å². The Morgan fingerprint density at radius 1 is 1.54 bits per heavy atom. The Kier molecular flexibility index (Phi) is 2.60. The molecule has 2 rings (SSSR count). The number of nitrogens with zero attached hydrogens (tertiary/aromatic N) is 1. The lowest BCUT2D eigenvalue weighted by Crippen LogP contribution is -2.05. The van der Waals surface area contributed by atoms with Crippen molar-refractivity contribution in [3.05, 3.63) is 16.3 Å². The lowest BCUT2D eigenvalue weighted by atomic mass is 10.3. The Hall–Kier alpha value is -0.480. The van der Waals surface area contributed by atoms with Crippen molar-refractivity contribution in [2.24, 2.45) is 4.99 Å². The van der Waals surface area contributed by atoms with Gasteiger partial charge >= 0.3 is 0 Å². The van der Waals surface area contributed by atoms with E-state index in [1.54, 1.807) is 11.3 Å². The fraction of sp³-hybridized carbons (Fsp3) is 0.444. The van der Waals surface area contributed by atoms with Crippen molar-refractivity contribution in [3.8, 4) is 0 Å². The molecular formula is C9H12N2S2. The molecule has 1 aliphatic rings. The first-order valence-electron chi connectivity index (χ1n) is 4.26. The zero-order valence-electron chi connectivity index (χ0n) is 7.70. The molecule has 0 radical (unpaired) electrons. The number of amidine groups is 1. The zero-order valence-corrected chi connectivity index (χ0v) is 9.34. The molecule has 1 aliphatic heterocycles. The van der Waals surface area contributed by atoms with Gasteiger partial charge in [-0.3, -0.25) is 4.99 Å². The van der Waals surface area contributed by atoms with Crippen molar-refractivity contribution in [1.82, 2.24) is 0 Å². The van der Waals surface area contributed by atoms with Crippen molar-refractivity contribution < 1.29 is 0 Å². The molecule has 13 heavy (non-hydrogen) atoms. The van der Waals surface area contributed by atoms with Gasteiger partial charge in [-0.1, -0.05) is 18.7 Å². The average molecular weight is 212 g/mol. The van der Waals surface area contributed by atoms with E-state index in [1.807, 2.05) is 11.8 Å². The second-order valence-electron chi connectivity index (χ2n) is 3.17. The summed E-state index contributed by atoms with van der Waals surface area (Å²) in [6.45, 7) is 5.25. The Bertz CT molecular complexity index is 330. The molecule has 0 amide bonds. The van der Waals surface area contributed by atoms with Crippen LogP contribution in [0.5, 0.6) is 0 Å². The summed E-state index contributed by atoms with van der Waals surface area (Å²) in [6, 6.07) is 0. The minimum absolute atomic E-state index is 0.626. The van der Waals surface area contributed by atoms with Crippen LogP contribution in [-0.2, 0) is 0 Å². The number of aliphatic imine (C=N–C) groups is 1. The molecule has 4 heteroatoms. The summed E-state index contributed by atoms with van der Waals surface area (Å²) in [6.07, 6.45) is 0. The number of hydrogen-bond donors (Lipinski definition) is 1. The zero-order chi connectivity index (χ0) is 9.26. The van der Waals surface area contributed by atoms with E-state index in [4.69, 9.17) is 0 Å². The Morgan fingerprint density at radius 3 is 2.92 bits per heavy atom. The fourth-order valence-corrected chi connectivity index (χ4v) is 2.78. The van der Waals surface area contributed by atoms with Crippen LogP contribution in [0.3, 0.4) is 0 Å². The standard InChI is InChI=1S/C9H12N2S2/c1-6-4-12-5-8(6)11-9-10-3-7(2)13-9/h4-5,7H,3H2,1-2H3,(H,10,11). The molecule has 0 aromatic carbocycles. The third-order valence-electron chi connectivity index (χ3n) is 1.90. The molecule has 1 atom stereocenters. The van der Waals surface area contributed by atoms with E-state index in [-0.39, 0.29) is 0 Å². The van der Waals surface area contributed by atoms with Crippen LogP contribution in [0.15, 0.2) is 15.8 Å². The van der Waals surface area contributed by atoms with Gasteiger partial charge in [-0.05, 0) is 17.9 Å². The molecule has 1 aromatic rings. The molecule has 0 bridgehead atoms. The van der Waals surface area contributed by atoms with E-state index in [0.29, 0.717) is 5.25 Å². The fourth-order valence-electron chi connectivity index (χ4n) is 1.15. The molecule has 0 saturated heterocycles. The van der Waals surface area contributed by atoms with Gasteiger partial charge in [0.2, 0.25) is 0 Å². The predicted molar refractivity (Wildman–Crippen MR) is 62.0 cm³/mol. The van der Waals surface area contributed by atoms with Gasteiger partial charge in [0.05, 0.1) is 12.2 Å². The van der Waals surface area contributed by atoms with Gasteiger partial charge in [0.1, 0.15) is 0 Å². The molecule has 1 unspecified atom stereocenters. The lowest BCUT2D eigenvalue weighted by Gasteiger charge is -2.04. The monoisotopic (exact) mass is 212 g/mol. The summed E-state index contributed by atoms with van der Waals surface area (Å²) in [5.74, 6) is 0. The average Bonchev–Trinajstić information content (AvgIpc) is 2.64. The minimum atomic E-state index is 0.626. The van der Waals surface area contributed by atoms with E-state index < -0.39 is 0 Å². The lowest BCUT2D eigenvalue weighted by molar-refractivity contribution is 0.976. The van der Waals surface area contributed by atoms with Crippen LogP contribution >= 0.6 is 23.1 Å². The van der Waals surface area contributed by atoms with Gasteiger partial charge < -0.3 is 5.32 Å². The van der Waals surface area contributed by atoms with E-state index in [9.17, 15) is 0 Å². The van der Waals surface area contributed by atoms with Crippen molar-refractivity contribution in [2.75, 3.05) is 11.9 Å².